The number of β-amino-alcohol motifs (C(OH)–C–C–N with tert-alkyl or cyclic N) is 1. The van der Waals surface area contributed by atoms with Crippen LogP contribution in [0.2, 0.25) is 0 Å². The van der Waals surface area contributed by atoms with Crippen molar-refractivity contribution in [2.75, 3.05) is 24.7 Å². The first-order chi connectivity index (χ1) is 18.9. The van der Waals surface area contributed by atoms with Gasteiger partial charge < -0.3 is 20.1 Å². The molecule has 40 heavy (non-hydrogen) atoms. The average molecular weight is 564 g/mol. The Kier molecular flexibility index (Phi) is 7.28. The molecule has 1 fully saturated rings. The van der Waals surface area contributed by atoms with Crippen LogP contribution >= 0.6 is 0 Å². The van der Waals surface area contributed by atoms with Crippen molar-refractivity contribution >= 4 is 33.2 Å². The van der Waals surface area contributed by atoms with Gasteiger partial charge in [-0.25, -0.2) is 17.7 Å². The lowest BCUT2D eigenvalue weighted by Gasteiger charge is -2.37. The quantitative estimate of drug-likeness (QED) is 0.360. The van der Waals surface area contributed by atoms with Crippen molar-refractivity contribution in [1.29, 1.82) is 0 Å². The molecule has 0 spiro atoms. The maximum atomic E-state index is 12.4. The number of aliphatic hydroxyl groups is 1. The summed E-state index contributed by atoms with van der Waals surface area (Å²) in [6.45, 7) is 6.17. The van der Waals surface area contributed by atoms with Crippen LogP contribution in [0.15, 0.2) is 71.8 Å². The SMILES string of the molecule is CC(C)(C)OC(=O)N1CC[C@H](c2cccc(Nc3nc4c(-c5ccc(S(C)(=O)=O)cc5)cccn4n3)c2)[C@H](O)C1. The number of amides is 1. The number of aliphatic hydroxyl groups excluding tert-OH is 1. The number of ether oxygens (including phenoxy) is 1. The van der Waals surface area contributed by atoms with Crippen LogP contribution in [0.3, 0.4) is 0 Å². The second kappa shape index (κ2) is 10.5. The fourth-order valence-corrected chi connectivity index (χ4v) is 5.49. The molecule has 3 heterocycles. The molecule has 0 unspecified atom stereocenters. The predicted octanol–water partition coefficient (Wildman–Crippen LogP) is 4.63. The van der Waals surface area contributed by atoms with Crippen molar-refractivity contribution in [1.82, 2.24) is 19.5 Å². The number of aromatic nitrogens is 3. The van der Waals surface area contributed by atoms with Crippen molar-refractivity contribution in [3.63, 3.8) is 0 Å². The molecule has 0 bridgehead atoms. The van der Waals surface area contributed by atoms with Gasteiger partial charge in [0.25, 0.3) is 0 Å². The third kappa shape index (κ3) is 6.10. The van der Waals surface area contributed by atoms with Gasteiger partial charge in [0.1, 0.15) is 5.60 Å². The zero-order valence-electron chi connectivity index (χ0n) is 22.9. The zero-order chi connectivity index (χ0) is 28.7. The highest BCUT2D eigenvalue weighted by atomic mass is 32.2. The second-order valence-electron chi connectivity index (χ2n) is 11.1. The minimum absolute atomic E-state index is 0.129. The Morgan fingerprint density at radius 1 is 1.10 bits per heavy atom. The van der Waals surface area contributed by atoms with Gasteiger partial charge in [0.15, 0.2) is 15.5 Å². The molecule has 1 aliphatic rings. The molecule has 5 rings (SSSR count). The number of anilines is 2. The fraction of sp³-hybridized carbons (Fsp3) is 0.345. The monoisotopic (exact) mass is 563 g/mol. The highest BCUT2D eigenvalue weighted by Gasteiger charge is 2.33. The molecule has 11 heteroatoms. The maximum absolute atomic E-state index is 12.4. The predicted molar refractivity (Wildman–Crippen MR) is 152 cm³/mol. The van der Waals surface area contributed by atoms with Crippen LogP contribution in [0.1, 0.15) is 38.7 Å². The molecular weight excluding hydrogens is 530 g/mol. The molecule has 2 N–H and O–H groups in total. The highest BCUT2D eigenvalue weighted by Crippen LogP contribution is 2.32. The lowest BCUT2D eigenvalue weighted by molar-refractivity contribution is -0.00151. The van der Waals surface area contributed by atoms with Gasteiger partial charge in [-0.3, -0.25) is 0 Å². The molecule has 1 saturated heterocycles. The molecule has 0 aliphatic carbocycles. The molecule has 1 aliphatic heterocycles. The first-order valence-electron chi connectivity index (χ1n) is 13.1. The van der Waals surface area contributed by atoms with E-state index >= 15 is 0 Å². The van der Waals surface area contributed by atoms with E-state index in [9.17, 15) is 18.3 Å². The summed E-state index contributed by atoms with van der Waals surface area (Å²) < 4.78 is 30.8. The van der Waals surface area contributed by atoms with Gasteiger partial charge in [-0.1, -0.05) is 24.3 Å². The smallest absolute Gasteiger partial charge is 0.410 e. The summed E-state index contributed by atoms with van der Waals surface area (Å²) in [5.74, 6) is 0.272. The summed E-state index contributed by atoms with van der Waals surface area (Å²) in [4.78, 5) is 18.9. The van der Waals surface area contributed by atoms with Crippen molar-refractivity contribution in [3.05, 3.63) is 72.4 Å². The fourth-order valence-electron chi connectivity index (χ4n) is 4.86. The summed E-state index contributed by atoms with van der Waals surface area (Å²) in [6.07, 6.45) is 2.46. The van der Waals surface area contributed by atoms with E-state index in [2.05, 4.69) is 15.4 Å². The number of hydrogen-bond donors (Lipinski definition) is 2. The van der Waals surface area contributed by atoms with Crippen LogP contribution in [-0.2, 0) is 14.6 Å². The van der Waals surface area contributed by atoms with Gasteiger partial charge in [0.05, 0.1) is 17.5 Å². The minimum Gasteiger partial charge on any atom is -0.444 e. The van der Waals surface area contributed by atoms with Gasteiger partial charge in [-0.15, -0.1) is 5.10 Å². The zero-order valence-corrected chi connectivity index (χ0v) is 23.7. The summed E-state index contributed by atoms with van der Waals surface area (Å²) in [5.41, 5.74) is 3.40. The van der Waals surface area contributed by atoms with Gasteiger partial charge >= 0.3 is 6.09 Å². The van der Waals surface area contributed by atoms with Crippen molar-refractivity contribution in [3.8, 4) is 11.1 Å². The number of pyridine rings is 1. The molecule has 10 nitrogen and oxygen atoms in total. The second-order valence-corrected chi connectivity index (χ2v) is 13.1. The van der Waals surface area contributed by atoms with E-state index < -0.39 is 27.6 Å². The number of carbonyl (C=O) groups is 1. The Bertz CT molecular complexity index is 1640. The number of rotatable bonds is 5. The molecule has 4 aromatic rings. The molecule has 2 aromatic carbocycles. The summed E-state index contributed by atoms with van der Waals surface area (Å²) in [7, 11) is -3.29. The van der Waals surface area contributed by atoms with Crippen LogP contribution in [-0.4, -0.2) is 70.2 Å². The van der Waals surface area contributed by atoms with Crippen LogP contribution in [0.25, 0.3) is 16.8 Å². The van der Waals surface area contributed by atoms with Crippen LogP contribution in [0, 0.1) is 0 Å². The lowest BCUT2D eigenvalue weighted by atomic mass is 9.87. The number of fused-ring (bicyclic) bond motifs is 1. The Morgan fingerprint density at radius 2 is 1.85 bits per heavy atom. The number of hydrogen-bond acceptors (Lipinski definition) is 8. The van der Waals surface area contributed by atoms with E-state index in [-0.39, 0.29) is 17.4 Å². The number of nitrogens with one attached hydrogen (secondary N) is 1. The molecule has 2 aromatic heterocycles. The highest BCUT2D eigenvalue weighted by molar-refractivity contribution is 7.90. The topological polar surface area (TPSA) is 126 Å². The average Bonchev–Trinajstić information content (AvgIpc) is 3.30. The Hall–Kier alpha value is -3.96. The number of benzene rings is 2. The Morgan fingerprint density at radius 3 is 2.52 bits per heavy atom. The first kappa shape index (κ1) is 27.6. The van der Waals surface area contributed by atoms with Crippen molar-refractivity contribution in [2.24, 2.45) is 0 Å². The van der Waals surface area contributed by atoms with E-state index in [0.717, 1.165) is 22.4 Å². The molecule has 2 atom stereocenters. The summed E-state index contributed by atoms with van der Waals surface area (Å²) in [6, 6.07) is 18.2. The molecule has 0 saturated carbocycles. The van der Waals surface area contributed by atoms with Crippen molar-refractivity contribution in [2.45, 2.75) is 49.7 Å². The van der Waals surface area contributed by atoms with Crippen LogP contribution in [0.4, 0.5) is 16.4 Å². The van der Waals surface area contributed by atoms with Crippen LogP contribution < -0.4 is 5.32 Å². The van der Waals surface area contributed by atoms with E-state index in [0.29, 0.717) is 24.6 Å². The lowest BCUT2D eigenvalue weighted by Crippen LogP contribution is -2.47. The van der Waals surface area contributed by atoms with Gasteiger partial charge in [0, 0.05) is 36.2 Å². The summed E-state index contributed by atoms with van der Waals surface area (Å²) >= 11 is 0. The molecule has 1 amide bonds. The molecular formula is C29H33N5O5S. The van der Waals surface area contributed by atoms with Crippen LogP contribution in [0.5, 0.6) is 0 Å². The normalized spacial score (nSPS) is 18.1. The number of likely N-dealkylation sites (tertiary alicyclic amines) is 1. The minimum atomic E-state index is -3.29. The first-order valence-corrected chi connectivity index (χ1v) is 15.0. The number of nitrogens with zero attached hydrogens (tertiary/aromatic N) is 4. The molecule has 210 valence electrons. The van der Waals surface area contributed by atoms with Gasteiger partial charge in [0.2, 0.25) is 5.95 Å². The Labute approximate surface area is 233 Å². The van der Waals surface area contributed by atoms with E-state index in [1.807, 2.05) is 57.2 Å². The number of piperidine rings is 1. The van der Waals surface area contributed by atoms with Gasteiger partial charge in [-0.2, -0.15) is 4.98 Å². The van der Waals surface area contributed by atoms with E-state index in [1.54, 1.807) is 39.9 Å². The maximum Gasteiger partial charge on any atom is 0.410 e. The third-order valence-corrected chi connectivity index (χ3v) is 7.89. The largest absolute Gasteiger partial charge is 0.444 e. The van der Waals surface area contributed by atoms with E-state index in [4.69, 9.17) is 4.74 Å². The number of sulfone groups is 1. The third-order valence-electron chi connectivity index (χ3n) is 6.76. The van der Waals surface area contributed by atoms with Gasteiger partial charge in [-0.05, 0) is 74.7 Å². The number of carbonyl (C=O) groups excluding carboxylic acids is 1. The summed E-state index contributed by atoms with van der Waals surface area (Å²) in [5, 5.41) is 18.7. The molecule has 0 radical (unpaired) electrons. The van der Waals surface area contributed by atoms with E-state index in [1.165, 1.54) is 6.26 Å². The standard InChI is InChI=1S/C29H33N5O5S/c1-29(2,3)39-28(36)33-16-14-23(25(35)18-33)20-7-5-8-21(17-20)30-27-31-26-24(9-6-15-34(26)32-27)19-10-12-22(13-11-19)40(4,37)38/h5-13,15,17,23,25,35H,14,16,18H2,1-4H3,(H,30,32)/t23-,25-/m1/s1. The van der Waals surface area contributed by atoms with Crippen molar-refractivity contribution < 1.29 is 23.1 Å². The Balaban J connectivity index is 1.32.